The average molecular weight is 403 g/mol. The van der Waals surface area contributed by atoms with E-state index in [1.165, 1.54) is 41.8 Å². The third kappa shape index (κ3) is 4.06. The highest BCUT2D eigenvalue weighted by Crippen LogP contribution is 2.34. The predicted octanol–water partition coefficient (Wildman–Crippen LogP) is 3.62. The van der Waals surface area contributed by atoms with Gasteiger partial charge in [0.2, 0.25) is 5.91 Å². The van der Waals surface area contributed by atoms with Crippen LogP contribution in [0.5, 0.6) is 0 Å². The Labute approximate surface area is 163 Å². The summed E-state index contributed by atoms with van der Waals surface area (Å²) in [4.78, 5) is 33.0. The van der Waals surface area contributed by atoms with Gasteiger partial charge in [0, 0.05) is 30.8 Å². The number of nitrogens with zero attached hydrogens (tertiary/aromatic N) is 5. The first-order valence-electron chi connectivity index (χ1n) is 8.30. The Morgan fingerprint density at radius 1 is 1.22 bits per heavy atom. The molecule has 0 radical (unpaired) electrons. The van der Waals surface area contributed by atoms with E-state index in [-0.39, 0.29) is 11.6 Å². The summed E-state index contributed by atoms with van der Waals surface area (Å²) in [5.74, 6) is 0.371. The van der Waals surface area contributed by atoms with Crippen LogP contribution < -0.4 is 0 Å². The van der Waals surface area contributed by atoms with Crippen LogP contribution in [0.15, 0.2) is 35.6 Å². The van der Waals surface area contributed by atoms with Crippen molar-refractivity contribution < 1.29 is 9.72 Å². The molecule has 0 bridgehead atoms. The fourth-order valence-electron chi connectivity index (χ4n) is 2.57. The number of rotatable bonds is 7. The van der Waals surface area contributed by atoms with Gasteiger partial charge in [-0.25, -0.2) is 9.97 Å². The second-order valence-electron chi connectivity index (χ2n) is 5.55. The highest BCUT2D eigenvalue weighted by atomic mass is 32.2. The van der Waals surface area contributed by atoms with E-state index < -0.39 is 4.92 Å². The zero-order valence-electron chi connectivity index (χ0n) is 14.8. The molecule has 0 atom stereocenters. The van der Waals surface area contributed by atoms with Crippen LogP contribution in [0, 0.1) is 10.1 Å². The predicted molar refractivity (Wildman–Crippen MR) is 106 cm³/mol. The van der Waals surface area contributed by atoms with Crippen molar-refractivity contribution in [2.24, 2.45) is 0 Å². The minimum atomic E-state index is -0.438. The molecule has 0 aliphatic carbocycles. The number of carbonyl (C=O) groups excluding carboxylic acids is 1. The van der Waals surface area contributed by atoms with Gasteiger partial charge in [-0.2, -0.15) is 4.37 Å². The molecule has 0 saturated carbocycles. The molecule has 0 fully saturated rings. The lowest BCUT2D eigenvalue weighted by molar-refractivity contribution is -0.384. The molecule has 1 amide bonds. The van der Waals surface area contributed by atoms with Crippen LogP contribution in [-0.2, 0) is 4.79 Å². The van der Waals surface area contributed by atoms with Crippen LogP contribution in [0.1, 0.15) is 13.8 Å². The van der Waals surface area contributed by atoms with Crippen LogP contribution in [0.4, 0.5) is 5.69 Å². The number of hydrogen-bond donors (Lipinski definition) is 0. The highest BCUT2D eigenvalue weighted by molar-refractivity contribution is 8.00. The van der Waals surface area contributed by atoms with E-state index in [1.807, 2.05) is 13.8 Å². The minimum Gasteiger partial charge on any atom is -0.343 e. The van der Waals surface area contributed by atoms with Gasteiger partial charge in [-0.05, 0) is 37.5 Å². The molecule has 0 saturated heterocycles. The highest BCUT2D eigenvalue weighted by Gasteiger charge is 2.17. The maximum Gasteiger partial charge on any atom is 0.269 e. The van der Waals surface area contributed by atoms with Gasteiger partial charge >= 0.3 is 0 Å². The van der Waals surface area contributed by atoms with Gasteiger partial charge in [0.1, 0.15) is 27.3 Å². The Hall–Kier alpha value is -2.59. The van der Waals surface area contributed by atoms with Gasteiger partial charge < -0.3 is 4.90 Å². The summed E-state index contributed by atoms with van der Waals surface area (Å²) in [7, 11) is 0. The molecular formula is C17H17N5O3S2. The normalized spacial score (nSPS) is 10.9. The van der Waals surface area contributed by atoms with E-state index >= 15 is 0 Å². The molecule has 140 valence electrons. The monoisotopic (exact) mass is 403 g/mol. The lowest BCUT2D eigenvalue weighted by Crippen LogP contribution is -2.31. The van der Waals surface area contributed by atoms with Gasteiger partial charge in [-0.15, -0.1) is 0 Å². The number of nitro groups is 1. The summed E-state index contributed by atoms with van der Waals surface area (Å²) >= 11 is 2.63. The van der Waals surface area contributed by atoms with E-state index in [1.54, 1.807) is 17.0 Å². The van der Waals surface area contributed by atoms with Crippen molar-refractivity contribution in [2.75, 3.05) is 18.8 Å². The van der Waals surface area contributed by atoms with Crippen molar-refractivity contribution in [3.8, 4) is 11.3 Å². The standard InChI is InChI=1S/C17H17N5O3S2/c1-3-21(4-2)13(23)9-26-17-16-15(18-10-19-17)14(20-27-16)11-5-7-12(8-6-11)22(24)25/h5-8,10H,3-4,9H2,1-2H3. The van der Waals surface area contributed by atoms with Gasteiger partial charge in [-0.1, -0.05) is 11.8 Å². The number of carbonyl (C=O) groups is 1. The number of fused-ring (bicyclic) bond motifs is 1. The van der Waals surface area contributed by atoms with Crippen LogP contribution in [0.2, 0.25) is 0 Å². The Kier molecular flexibility index (Phi) is 5.97. The summed E-state index contributed by atoms with van der Waals surface area (Å²) in [6.45, 7) is 5.27. The first-order chi connectivity index (χ1) is 13.0. The van der Waals surface area contributed by atoms with E-state index in [9.17, 15) is 14.9 Å². The van der Waals surface area contributed by atoms with E-state index in [0.29, 0.717) is 35.1 Å². The fraction of sp³-hybridized carbons (Fsp3) is 0.294. The SMILES string of the molecule is CCN(CC)C(=O)CSc1ncnc2c(-c3ccc([N+](=O)[O-])cc3)nsc12. The molecule has 8 nitrogen and oxygen atoms in total. The van der Waals surface area contributed by atoms with Crippen molar-refractivity contribution in [2.45, 2.75) is 18.9 Å². The third-order valence-electron chi connectivity index (χ3n) is 4.02. The molecule has 0 aliphatic rings. The second kappa shape index (κ2) is 8.40. The number of amides is 1. The molecule has 1 aromatic carbocycles. The smallest absolute Gasteiger partial charge is 0.269 e. The van der Waals surface area contributed by atoms with Crippen molar-refractivity contribution in [1.29, 1.82) is 0 Å². The van der Waals surface area contributed by atoms with Crippen molar-refractivity contribution >= 4 is 45.1 Å². The van der Waals surface area contributed by atoms with E-state index in [2.05, 4.69) is 14.3 Å². The van der Waals surface area contributed by atoms with Gasteiger partial charge in [0.05, 0.1) is 10.7 Å². The zero-order chi connectivity index (χ0) is 19.4. The molecule has 0 unspecified atom stereocenters. The van der Waals surface area contributed by atoms with E-state index in [4.69, 9.17) is 0 Å². The van der Waals surface area contributed by atoms with Gasteiger partial charge in [0.25, 0.3) is 5.69 Å². The summed E-state index contributed by atoms with van der Waals surface area (Å²) in [6, 6.07) is 6.21. The topological polar surface area (TPSA) is 102 Å². The fourth-order valence-corrected chi connectivity index (χ4v) is 4.40. The number of non-ortho nitro benzene ring substituents is 1. The Morgan fingerprint density at radius 3 is 2.56 bits per heavy atom. The van der Waals surface area contributed by atoms with E-state index in [0.717, 1.165) is 10.3 Å². The number of nitro benzene ring substituents is 1. The zero-order valence-corrected chi connectivity index (χ0v) is 16.4. The van der Waals surface area contributed by atoms with Crippen molar-refractivity contribution in [3.63, 3.8) is 0 Å². The molecule has 0 N–H and O–H groups in total. The molecular weight excluding hydrogens is 386 g/mol. The Bertz CT molecular complexity index is 970. The van der Waals surface area contributed by atoms with Crippen molar-refractivity contribution in [1.82, 2.24) is 19.2 Å². The van der Waals surface area contributed by atoms with Crippen LogP contribution in [-0.4, -0.2) is 48.9 Å². The first kappa shape index (κ1) is 19.2. The number of thioether (sulfide) groups is 1. The first-order valence-corrected chi connectivity index (χ1v) is 10.1. The quantitative estimate of drug-likeness (QED) is 0.257. The average Bonchev–Trinajstić information content (AvgIpc) is 3.12. The molecule has 27 heavy (non-hydrogen) atoms. The van der Waals surface area contributed by atoms with Gasteiger partial charge in [-0.3, -0.25) is 14.9 Å². The summed E-state index contributed by atoms with van der Waals surface area (Å²) in [5.41, 5.74) is 2.12. The number of aromatic nitrogens is 3. The molecule has 3 rings (SSSR count). The summed E-state index contributed by atoms with van der Waals surface area (Å²) in [5, 5.41) is 11.5. The number of benzene rings is 1. The van der Waals surface area contributed by atoms with Crippen LogP contribution in [0.3, 0.4) is 0 Å². The molecule has 0 spiro atoms. The second-order valence-corrected chi connectivity index (χ2v) is 7.28. The lowest BCUT2D eigenvalue weighted by Gasteiger charge is -2.17. The summed E-state index contributed by atoms with van der Waals surface area (Å²) in [6.07, 6.45) is 1.45. The lowest BCUT2D eigenvalue weighted by atomic mass is 10.1. The molecule has 2 aromatic heterocycles. The van der Waals surface area contributed by atoms with Crippen LogP contribution >= 0.6 is 23.3 Å². The van der Waals surface area contributed by atoms with Crippen LogP contribution in [0.25, 0.3) is 21.5 Å². The minimum absolute atomic E-state index is 0.0269. The Balaban J connectivity index is 1.86. The molecule has 10 heteroatoms. The third-order valence-corrected chi connectivity index (χ3v) is 5.97. The molecule has 0 aliphatic heterocycles. The van der Waals surface area contributed by atoms with Gasteiger partial charge in [0.15, 0.2) is 0 Å². The molecule has 3 aromatic rings. The Morgan fingerprint density at radius 2 is 1.93 bits per heavy atom. The van der Waals surface area contributed by atoms with Crippen molar-refractivity contribution in [3.05, 3.63) is 40.7 Å². The summed E-state index contributed by atoms with van der Waals surface area (Å²) < 4.78 is 5.26. The molecule has 2 heterocycles. The maximum atomic E-state index is 12.2. The number of hydrogen-bond acceptors (Lipinski definition) is 8. The largest absolute Gasteiger partial charge is 0.343 e. The maximum absolute atomic E-state index is 12.2.